The van der Waals surface area contributed by atoms with Crippen LogP contribution in [0.3, 0.4) is 0 Å². The second-order valence-corrected chi connectivity index (χ2v) is 3.59. The third-order valence-electron chi connectivity index (χ3n) is 2.30. The lowest BCUT2D eigenvalue weighted by atomic mass is 10.2. The molecule has 0 aromatic carbocycles. The van der Waals surface area contributed by atoms with Crippen LogP contribution in [0.25, 0.3) is 11.5 Å². The van der Waals surface area contributed by atoms with Crippen LogP contribution in [0.4, 0.5) is 0 Å². The van der Waals surface area contributed by atoms with Gasteiger partial charge in [-0.3, -0.25) is 4.98 Å². The molecule has 2 N–H and O–H groups in total. The van der Waals surface area contributed by atoms with Crippen LogP contribution in [0.1, 0.15) is 31.6 Å². The smallest absolute Gasteiger partial charge is 0.258 e. The topological polar surface area (TPSA) is 77.8 Å². The highest BCUT2D eigenvalue weighted by Crippen LogP contribution is 2.19. The fraction of sp³-hybridized carbons (Fsp3) is 0.364. The van der Waals surface area contributed by atoms with Crippen molar-refractivity contribution in [3.8, 4) is 11.5 Å². The average Bonchev–Trinajstić information content (AvgIpc) is 2.80. The van der Waals surface area contributed by atoms with Crippen molar-refractivity contribution in [1.29, 1.82) is 0 Å². The van der Waals surface area contributed by atoms with Gasteiger partial charge >= 0.3 is 0 Å². The monoisotopic (exact) mass is 218 g/mol. The summed E-state index contributed by atoms with van der Waals surface area (Å²) in [4.78, 5) is 8.20. The number of rotatable bonds is 4. The number of aromatic nitrogens is 3. The molecule has 0 saturated carbocycles. The molecule has 1 atom stereocenters. The lowest BCUT2D eigenvalue weighted by Crippen LogP contribution is -2.11. The predicted molar refractivity (Wildman–Crippen MR) is 59.4 cm³/mol. The zero-order chi connectivity index (χ0) is 11.4. The second kappa shape index (κ2) is 4.85. The highest BCUT2D eigenvalue weighted by molar-refractivity contribution is 5.51. The van der Waals surface area contributed by atoms with Crippen molar-refractivity contribution >= 4 is 0 Å². The maximum Gasteiger partial charge on any atom is 0.258 e. The third kappa shape index (κ3) is 2.25. The van der Waals surface area contributed by atoms with Crippen LogP contribution in [-0.4, -0.2) is 15.1 Å². The Balaban J connectivity index is 2.20. The van der Waals surface area contributed by atoms with Crippen molar-refractivity contribution in [2.75, 3.05) is 0 Å². The molecule has 0 radical (unpaired) electrons. The number of hydrogen-bond donors (Lipinski definition) is 1. The predicted octanol–water partition coefficient (Wildman–Crippen LogP) is 1.93. The SMILES string of the molecule is CCCC(N)c1noc(-c2ccncc2)n1. The minimum absolute atomic E-state index is 0.149. The molecule has 1 unspecified atom stereocenters. The van der Waals surface area contributed by atoms with E-state index in [0.717, 1.165) is 18.4 Å². The van der Waals surface area contributed by atoms with Crippen LogP contribution in [0, 0.1) is 0 Å². The molecule has 2 rings (SSSR count). The van der Waals surface area contributed by atoms with E-state index >= 15 is 0 Å². The normalized spacial score (nSPS) is 12.6. The molecule has 5 nitrogen and oxygen atoms in total. The Morgan fingerprint density at radius 1 is 1.38 bits per heavy atom. The van der Waals surface area contributed by atoms with Gasteiger partial charge in [-0.15, -0.1) is 0 Å². The van der Waals surface area contributed by atoms with Gasteiger partial charge in [-0.05, 0) is 18.6 Å². The summed E-state index contributed by atoms with van der Waals surface area (Å²) in [7, 11) is 0. The highest BCUT2D eigenvalue weighted by Gasteiger charge is 2.14. The first-order valence-corrected chi connectivity index (χ1v) is 5.31. The first-order valence-electron chi connectivity index (χ1n) is 5.31. The van der Waals surface area contributed by atoms with Crippen molar-refractivity contribution in [3.63, 3.8) is 0 Å². The molecule has 0 bridgehead atoms. The van der Waals surface area contributed by atoms with E-state index in [-0.39, 0.29) is 6.04 Å². The minimum Gasteiger partial charge on any atom is -0.334 e. The summed E-state index contributed by atoms with van der Waals surface area (Å²) in [5, 5.41) is 3.88. The molecule has 5 heteroatoms. The van der Waals surface area contributed by atoms with E-state index < -0.39 is 0 Å². The van der Waals surface area contributed by atoms with Gasteiger partial charge in [0, 0.05) is 18.0 Å². The molecule has 2 aromatic rings. The lowest BCUT2D eigenvalue weighted by Gasteiger charge is -2.02. The lowest BCUT2D eigenvalue weighted by molar-refractivity contribution is 0.413. The van der Waals surface area contributed by atoms with Crippen LogP contribution in [0.15, 0.2) is 29.0 Å². The van der Waals surface area contributed by atoms with Gasteiger partial charge in [0.15, 0.2) is 5.82 Å². The maximum absolute atomic E-state index is 5.90. The van der Waals surface area contributed by atoms with Crippen molar-refractivity contribution in [3.05, 3.63) is 30.4 Å². The molecule has 0 amide bonds. The molecule has 2 aromatic heterocycles. The number of nitrogens with two attached hydrogens (primary N) is 1. The van der Waals surface area contributed by atoms with E-state index in [1.165, 1.54) is 0 Å². The number of nitrogens with zero attached hydrogens (tertiary/aromatic N) is 3. The van der Waals surface area contributed by atoms with Crippen LogP contribution >= 0.6 is 0 Å². The largest absolute Gasteiger partial charge is 0.334 e. The molecule has 0 spiro atoms. The van der Waals surface area contributed by atoms with Crippen molar-refractivity contribution in [2.24, 2.45) is 5.73 Å². The van der Waals surface area contributed by atoms with E-state index in [4.69, 9.17) is 10.3 Å². The Kier molecular flexibility index (Phi) is 3.26. The van der Waals surface area contributed by atoms with Gasteiger partial charge in [0.1, 0.15) is 0 Å². The zero-order valence-electron chi connectivity index (χ0n) is 9.13. The fourth-order valence-electron chi connectivity index (χ4n) is 1.44. The van der Waals surface area contributed by atoms with E-state index in [2.05, 4.69) is 22.0 Å². The van der Waals surface area contributed by atoms with Crippen molar-refractivity contribution in [1.82, 2.24) is 15.1 Å². The molecular weight excluding hydrogens is 204 g/mol. The van der Waals surface area contributed by atoms with Gasteiger partial charge in [0.2, 0.25) is 0 Å². The van der Waals surface area contributed by atoms with Crippen LogP contribution in [0.2, 0.25) is 0 Å². The Morgan fingerprint density at radius 3 is 2.81 bits per heavy atom. The van der Waals surface area contributed by atoms with Gasteiger partial charge in [0.05, 0.1) is 6.04 Å². The zero-order valence-corrected chi connectivity index (χ0v) is 9.13. The summed E-state index contributed by atoms with van der Waals surface area (Å²) < 4.78 is 5.15. The molecule has 84 valence electrons. The molecule has 0 aliphatic rings. The summed E-state index contributed by atoms with van der Waals surface area (Å²) in [5.74, 6) is 1.05. The van der Waals surface area contributed by atoms with Gasteiger partial charge in [-0.2, -0.15) is 4.98 Å². The Morgan fingerprint density at radius 2 is 2.12 bits per heavy atom. The van der Waals surface area contributed by atoms with Crippen LogP contribution in [0.5, 0.6) is 0 Å². The quantitative estimate of drug-likeness (QED) is 0.848. The highest BCUT2D eigenvalue weighted by atomic mass is 16.5. The first kappa shape index (κ1) is 10.8. The van der Waals surface area contributed by atoms with Crippen molar-refractivity contribution in [2.45, 2.75) is 25.8 Å². The number of hydrogen-bond acceptors (Lipinski definition) is 5. The first-order chi connectivity index (χ1) is 7.81. The minimum atomic E-state index is -0.149. The molecule has 0 aliphatic carbocycles. The Labute approximate surface area is 93.7 Å². The maximum atomic E-state index is 5.90. The fourth-order valence-corrected chi connectivity index (χ4v) is 1.44. The summed E-state index contributed by atoms with van der Waals surface area (Å²) in [6.07, 6.45) is 5.23. The molecular formula is C11H14N4O. The summed E-state index contributed by atoms with van der Waals surface area (Å²) in [6.45, 7) is 2.07. The van der Waals surface area contributed by atoms with E-state index in [1.807, 2.05) is 12.1 Å². The number of pyridine rings is 1. The summed E-state index contributed by atoms with van der Waals surface area (Å²) in [5.41, 5.74) is 6.76. The van der Waals surface area contributed by atoms with E-state index in [1.54, 1.807) is 12.4 Å². The van der Waals surface area contributed by atoms with Gasteiger partial charge in [-0.25, -0.2) is 0 Å². The van der Waals surface area contributed by atoms with Crippen molar-refractivity contribution < 1.29 is 4.52 Å². The molecule has 2 heterocycles. The van der Waals surface area contributed by atoms with Crippen LogP contribution < -0.4 is 5.73 Å². The third-order valence-corrected chi connectivity index (χ3v) is 2.30. The molecule has 16 heavy (non-hydrogen) atoms. The molecule has 0 fully saturated rings. The molecule has 0 aliphatic heterocycles. The van der Waals surface area contributed by atoms with Gasteiger partial charge in [0.25, 0.3) is 5.89 Å². The standard InChI is InChI=1S/C11H14N4O/c1-2-3-9(12)10-14-11(16-15-10)8-4-6-13-7-5-8/h4-7,9H,2-3,12H2,1H3. The molecule has 0 saturated heterocycles. The van der Waals surface area contributed by atoms with Gasteiger partial charge < -0.3 is 10.3 Å². The van der Waals surface area contributed by atoms with Gasteiger partial charge in [-0.1, -0.05) is 18.5 Å². The van der Waals surface area contributed by atoms with E-state index in [0.29, 0.717) is 11.7 Å². The van der Waals surface area contributed by atoms with Crippen LogP contribution in [-0.2, 0) is 0 Å². The Hall–Kier alpha value is -1.75. The summed E-state index contributed by atoms with van der Waals surface area (Å²) in [6, 6.07) is 3.50. The average molecular weight is 218 g/mol. The second-order valence-electron chi connectivity index (χ2n) is 3.59. The van der Waals surface area contributed by atoms with E-state index in [9.17, 15) is 0 Å². The summed E-state index contributed by atoms with van der Waals surface area (Å²) >= 11 is 0. The Bertz CT molecular complexity index is 440.